The number of benzene rings is 1. The zero-order valence-corrected chi connectivity index (χ0v) is 20.2. The van der Waals surface area contributed by atoms with Crippen molar-refractivity contribution in [1.82, 2.24) is 15.5 Å². The Kier molecular flexibility index (Phi) is 13.4. The van der Waals surface area contributed by atoms with Gasteiger partial charge in [0.1, 0.15) is 0 Å². The molecule has 1 aromatic rings. The Hall–Kier alpha value is -1.71. The summed E-state index contributed by atoms with van der Waals surface area (Å²) in [7, 11) is 5.28. The van der Waals surface area contributed by atoms with Gasteiger partial charge in [0.15, 0.2) is 17.5 Å². The molecule has 1 aromatic carbocycles. The zero-order valence-electron chi connectivity index (χ0n) is 17.9. The standard InChI is InChI=1S/C20H34N4O3.HI/c1-7-21-20(23-12-11-22-19(25)15(2)3)24(4)13-10-16-8-9-17(26-5)18(14-16)27-6;/h8-9,14-15H,7,10-13H2,1-6H3,(H,21,23)(H,22,25);1H. The molecule has 0 radical (unpaired) electrons. The third-order valence-corrected chi connectivity index (χ3v) is 4.08. The minimum absolute atomic E-state index is 0. The topological polar surface area (TPSA) is 75.2 Å². The maximum absolute atomic E-state index is 11.6. The molecule has 0 bridgehead atoms. The minimum atomic E-state index is -0.00798. The molecule has 8 heteroatoms. The number of carbonyl (C=O) groups is 1. The molecule has 0 aliphatic rings. The summed E-state index contributed by atoms with van der Waals surface area (Å²) >= 11 is 0. The highest BCUT2D eigenvalue weighted by Crippen LogP contribution is 2.27. The summed E-state index contributed by atoms with van der Waals surface area (Å²) in [5, 5.41) is 6.17. The molecule has 7 nitrogen and oxygen atoms in total. The lowest BCUT2D eigenvalue weighted by Crippen LogP contribution is -2.40. The molecule has 0 saturated carbocycles. The van der Waals surface area contributed by atoms with Gasteiger partial charge >= 0.3 is 0 Å². The first-order valence-corrected chi connectivity index (χ1v) is 9.40. The Bertz CT molecular complexity index is 623. The van der Waals surface area contributed by atoms with E-state index in [4.69, 9.17) is 9.47 Å². The lowest BCUT2D eigenvalue weighted by molar-refractivity contribution is -0.123. The number of nitrogens with zero attached hydrogens (tertiary/aromatic N) is 2. The molecular weight excluding hydrogens is 471 g/mol. The number of likely N-dealkylation sites (N-methyl/N-ethyl adjacent to an activating group) is 1. The van der Waals surface area contributed by atoms with Crippen LogP contribution in [0.4, 0.5) is 0 Å². The number of nitrogens with one attached hydrogen (secondary N) is 2. The van der Waals surface area contributed by atoms with Gasteiger partial charge in [0.25, 0.3) is 0 Å². The van der Waals surface area contributed by atoms with E-state index in [0.29, 0.717) is 13.1 Å². The molecule has 1 amide bonds. The average molecular weight is 506 g/mol. The van der Waals surface area contributed by atoms with Crippen molar-refractivity contribution < 1.29 is 14.3 Å². The number of carbonyl (C=O) groups excluding carboxylic acids is 1. The molecule has 0 saturated heterocycles. The van der Waals surface area contributed by atoms with Gasteiger partial charge in [0, 0.05) is 32.6 Å². The van der Waals surface area contributed by atoms with Gasteiger partial charge in [-0.2, -0.15) is 0 Å². The fraction of sp³-hybridized carbons (Fsp3) is 0.600. The second kappa shape index (κ2) is 14.3. The van der Waals surface area contributed by atoms with Gasteiger partial charge in [-0.05, 0) is 31.0 Å². The van der Waals surface area contributed by atoms with Crippen molar-refractivity contribution in [3.63, 3.8) is 0 Å². The molecule has 0 aliphatic heterocycles. The first-order valence-electron chi connectivity index (χ1n) is 9.40. The van der Waals surface area contributed by atoms with Crippen LogP contribution in [0, 0.1) is 5.92 Å². The summed E-state index contributed by atoms with van der Waals surface area (Å²) in [4.78, 5) is 18.3. The van der Waals surface area contributed by atoms with E-state index < -0.39 is 0 Å². The smallest absolute Gasteiger partial charge is 0.222 e. The molecule has 2 N–H and O–H groups in total. The fourth-order valence-electron chi connectivity index (χ4n) is 2.45. The largest absolute Gasteiger partial charge is 0.493 e. The second-order valence-corrected chi connectivity index (χ2v) is 6.54. The number of hydrogen-bond acceptors (Lipinski definition) is 4. The van der Waals surface area contributed by atoms with Crippen molar-refractivity contribution in [2.24, 2.45) is 10.9 Å². The summed E-state index contributed by atoms with van der Waals surface area (Å²) in [6.45, 7) is 8.47. The van der Waals surface area contributed by atoms with Crippen LogP contribution in [-0.2, 0) is 11.2 Å². The van der Waals surface area contributed by atoms with Gasteiger partial charge in [-0.15, -0.1) is 24.0 Å². The van der Waals surface area contributed by atoms with Crippen molar-refractivity contribution in [2.45, 2.75) is 27.2 Å². The van der Waals surface area contributed by atoms with Gasteiger partial charge in [-0.25, -0.2) is 0 Å². The summed E-state index contributed by atoms with van der Waals surface area (Å²) in [5.41, 5.74) is 1.17. The van der Waals surface area contributed by atoms with E-state index >= 15 is 0 Å². The number of ether oxygens (including phenoxy) is 2. The predicted molar refractivity (Wildman–Crippen MR) is 125 cm³/mol. The van der Waals surface area contributed by atoms with E-state index in [-0.39, 0.29) is 35.8 Å². The molecule has 0 spiro atoms. The highest BCUT2D eigenvalue weighted by Gasteiger charge is 2.09. The molecular formula is C20H35IN4O3. The predicted octanol–water partition coefficient (Wildman–Crippen LogP) is 2.53. The first-order chi connectivity index (χ1) is 12.9. The van der Waals surface area contributed by atoms with Crippen LogP contribution in [0.15, 0.2) is 23.2 Å². The zero-order chi connectivity index (χ0) is 20.2. The molecule has 1 rings (SSSR count). The number of hydrogen-bond donors (Lipinski definition) is 2. The summed E-state index contributed by atoms with van der Waals surface area (Å²) in [6.07, 6.45) is 0.853. The maximum Gasteiger partial charge on any atom is 0.222 e. The van der Waals surface area contributed by atoms with E-state index in [1.807, 2.05) is 46.0 Å². The van der Waals surface area contributed by atoms with Crippen molar-refractivity contribution in [2.75, 3.05) is 47.4 Å². The second-order valence-electron chi connectivity index (χ2n) is 6.54. The molecule has 0 atom stereocenters. The van der Waals surface area contributed by atoms with Gasteiger partial charge in [0.2, 0.25) is 5.91 Å². The Morgan fingerprint density at radius 2 is 1.86 bits per heavy atom. The SMILES string of the molecule is CCNC(=NCCNC(=O)C(C)C)N(C)CCc1ccc(OC)c(OC)c1.I. The first kappa shape index (κ1) is 26.3. The number of methoxy groups -OCH3 is 2. The van der Waals surface area contributed by atoms with Gasteiger partial charge in [0.05, 0.1) is 20.8 Å². The summed E-state index contributed by atoms with van der Waals surface area (Å²) in [5.74, 6) is 2.34. The van der Waals surface area contributed by atoms with E-state index in [2.05, 4.69) is 20.5 Å². The van der Waals surface area contributed by atoms with E-state index in [9.17, 15) is 4.79 Å². The Morgan fingerprint density at radius 1 is 1.18 bits per heavy atom. The average Bonchev–Trinajstić information content (AvgIpc) is 2.67. The monoisotopic (exact) mass is 506 g/mol. The number of aliphatic imine (C=N–C) groups is 1. The molecule has 0 unspecified atom stereocenters. The lowest BCUT2D eigenvalue weighted by Gasteiger charge is -2.22. The van der Waals surface area contributed by atoms with Crippen molar-refractivity contribution in [3.8, 4) is 11.5 Å². The number of amides is 1. The van der Waals surface area contributed by atoms with E-state index in [0.717, 1.165) is 37.0 Å². The Labute approximate surface area is 186 Å². The van der Waals surface area contributed by atoms with Crippen LogP contribution in [0.1, 0.15) is 26.3 Å². The van der Waals surface area contributed by atoms with Crippen molar-refractivity contribution in [1.29, 1.82) is 0 Å². The van der Waals surface area contributed by atoms with E-state index in [1.54, 1.807) is 14.2 Å². The van der Waals surface area contributed by atoms with Gasteiger partial charge in [-0.1, -0.05) is 19.9 Å². The van der Waals surface area contributed by atoms with Crippen molar-refractivity contribution in [3.05, 3.63) is 23.8 Å². The minimum Gasteiger partial charge on any atom is -0.493 e. The van der Waals surface area contributed by atoms with Crippen LogP contribution < -0.4 is 20.1 Å². The fourth-order valence-corrected chi connectivity index (χ4v) is 2.45. The number of halogens is 1. The third-order valence-electron chi connectivity index (χ3n) is 4.08. The van der Waals surface area contributed by atoms with Crippen LogP contribution in [0.5, 0.6) is 11.5 Å². The Morgan fingerprint density at radius 3 is 2.43 bits per heavy atom. The Balaban J connectivity index is 0.00000729. The van der Waals surface area contributed by atoms with Crippen LogP contribution in [0.2, 0.25) is 0 Å². The third kappa shape index (κ3) is 8.99. The van der Waals surface area contributed by atoms with Crippen LogP contribution >= 0.6 is 24.0 Å². The van der Waals surface area contributed by atoms with Crippen LogP contribution in [-0.4, -0.2) is 64.2 Å². The molecule has 0 fully saturated rings. The number of guanidine groups is 1. The van der Waals surface area contributed by atoms with Crippen LogP contribution in [0.3, 0.4) is 0 Å². The molecule has 0 aromatic heterocycles. The summed E-state index contributed by atoms with van der Waals surface area (Å²) < 4.78 is 10.6. The van der Waals surface area contributed by atoms with E-state index in [1.165, 1.54) is 5.56 Å². The van der Waals surface area contributed by atoms with Gasteiger partial charge in [-0.3, -0.25) is 9.79 Å². The lowest BCUT2D eigenvalue weighted by atomic mass is 10.1. The molecule has 0 heterocycles. The van der Waals surface area contributed by atoms with Gasteiger partial charge < -0.3 is 25.0 Å². The quantitative estimate of drug-likeness (QED) is 0.221. The summed E-state index contributed by atoms with van der Waals surface area (Å²) in [6, 6.07) is 5.96. The van der Waals surface area contributed by atoms with Crippen LogP contribution in [0.25, 0.3) is 0 Å². The molecule has 160 valence electrons. The highest BCUT2D eigenvalue weighted by molar-refractivity contribution is 14.0. The van der Waals surface area contributed by atoms with Crippen molar-refractivity contribution >= 4 is 35.8 Å². The highest BCUT2D eigenvalue weighted by atomic mass is 127. The molecule has 0 aliphatic carbocycles. The molecule has 28 heavy (non-hydrogen) atoms. The number of rotatable bonds is 10. The maximum atomic E-state index is 11.6. The normalized spacial score (nSPS) is 10.9.